The van der Waals surface area contributed by atoms with E-state index in [9.17, 15) is 24.9 Å². The zero-order valence-corrected chi connectivity index (χ0v) is 18.5. The molecule has 4 N–H and O–H groups in total. The molecule has 30 heavy (non-hydrogen) atoms. The molecule has 168 valence electrons. The van der Waals surface area contributed by atoms with E-state index in [0.29, 0.717) is 12.8 Å². The van der Waals surface area contributed by atoms with Crippen molar-refractivity contribution >= 4 is 11.6 Å². The predicted octanol–water partition coefficient (Wildman–Crippen LogP) is 1.94. The van der Waals surface area contributed by atoms with Crippen molar-refractivity contribution in [2.75, 3.05) is 6.61 Å². The van der Waals surface area contributed by atoms with Crippen LogP contribution < -0.4 is 0 Å². The lowest BCUT2D eigenvalue weighted by Crippen LogP contribution is -2.61. The molecule has 0 aromatic rings. The van der Waals surface area contributed by atoms with Crippen molar-refractivity contribution in [2.24, 2.45) is 28.6 Å². The highest BCUT2D eigenvalue weighted by Gasteiger charge is 2.67. The number of carbonyl (C=O) groups excluding carboxylic acids is 2. The molecule has 3 saturated carbocycles. The van der Waals surface area contributed by atoms with Crippen LogP contribution in [0.5, 0.6) is 0 Å². The Morgan fingerprint density at radius 1 is 1.27 bits per heavy atom. The third-order valence-electron chi connectivity index (χ3n) is 8.25. The Balaban J connectivity index is 0.000000589. The first kappa shape index (κ1) is 23.3. The van der Waals surface area contributed by atoms with Crippen LogP contribution in [0.15, 0.2) is 23.8 Å². The van der Waals surface area contributed by atoms with Gasteiger partial charge in [0, 0.05) is 22.9 Å². The number of fused-ring (bicyclic) bond motifs is 5. The summed E-state index contributed by atoms with van der Waals surface area (Å²) in [6.45, 7) is 6.79. The monoisotopic (exact) mass is 420 g/mol. The average Bonchev–Trinajstić information content (AvgIpc) is 2.92. The van der Waals surface area contributed by atoms with Gasteiger partial charge in [0.05, 0.1) is 6.10 Å². The Kier molecular flexibility index (Phi) is 6.20. The Bertz CT molecular complexity index is 767. The van der Waals surface area contributed by atoms with Crippen molar-refractivity contribution in [1.82, 2.24) is 0 Å². The fourth-order valence-electron chi connectivity index (χ4n) is 6.92. The minimum atomic E-state index is -1.56. The Labute approximate surface area is 178 Å². The van der Waals surface area contributed by atoms with E-state index < -0.39 is 29.5 Å². The standard InChI is InChI=1S/C21H28O5.C3H8O/c1-19-7-5-13(23)9-12(19)3-4-14-15-6-8-21(26,17(25)11-22)20(15,2)10-16(24)18(14)19;1-3(2)4/h5,7,9,14-16,18,22,24,26H,3-4,6,8,10-11H2,1-2H3;3-4H,1-2H3/t14-,15-,16-,18+,19-,20-,21-;/m0./s1. The number of hydrogen-bond donors (Lipinski definition) is 4. The number of aliphatic hydroxyl groups is 4. The van der Waals surface area contributed by atoms with Gasteiger partial charge < -0.3 is 20.4 Å². The molecule has 6 nitrogen and oxygen atoms in total. The number of aliphatic hydroxyl groups excluding tert-OH is 3. The van der Waals surface area contributed by atoms with Gasteiger partial charge in [-0.2, -0.15) is 0 Å². The normalized spacial score (nSPS) is 44.4. The molecule has 0 aliphatic heterocycles. The number of rotatable bonds is 2. The molecule has 3 fully saturated rings. The molecule has 0 aromatic carbocycles. The molecular formula is C24H36O6. The molecular weight excluding hydrogens is 384 g/mol. The predicted molar refractivity (Wildman–Crippen MR) is 112 cm³/mol. The van der Waals surface area contributed by atoms with E-state index in [1.807, 2.05) is 13.0 Å². The molecule has 0 spiro atoms. The number of Topliss-reactive ketones (excluding diaryl/α,β-unsaturated/α-hetero) is 1. The van der Waals surface area contributed by atoms with Crippen LogP contribution in [-0.2, 0) is 9.59 Å². The molecule has 0 radical (unpaired) electrons. The number of carbonyl (C=O) groups is 2. The summed E-state index contributed by atoms with van der Waals surface area (Å²) in [5.74, 6) is -0.227. The van der Waals surface area contributed by atoms with Gasteiger partial charge in [-0.1, -0.05) is 25.5 Å². The maximum atomic E-state index is 12.4. The average molecular weight is 421 g/mol. The zero-order valence-electron chi connectivity index (χ0n) is 18.5. The van der Waals surface area contributed by atoms with Crippen molar-refractivity contribution in [3.8, 4) is 0 Å². The highest BCUT2D eigenvalue weighted by molar-refractivity contribution is 6.01. The first-order valence-corrected chi connectivity index (χ1v) is 11.1. The summed E-state index contributed by atoms with van der Waals surface area (Å²) in [5, 5.41) is 39.7. The molecule has 0 aromatic heterocycles. The van der Waals surface area contributed by atoms with Gasteiger partial charge >= 0.3 is 0 Å². The summed E-state index contributed by atoms with van der Waals surface area (Å²) < 4.78 is 0. The van der Waals surface area contributed by atoms with E-state index in [2.05, 4.69) is 6.92 Å². The van der Waals surface area contributed by atoms with E-state index in [-0.39, 0.29) is 35.1 Å². The second-order valence-corrected chi connectivity index (χ2v) is 10.3. The van der Waals surface area contributed by atoms with E-state index in [4.69, 9.17) is 5.11 Å². The van der Waals surface area contributed by atoms with Crippen LogP contribution in [0.4, 0.5) is 0 Å². The molecule has 6 heteroatoms. The second kappa shape index (κ2) is 7.97. The fraction of sp³-hybridized carbons (Fsp3) is 0.750. The highest BCUT2D eigenvalue weighted by atomic mass is 16.3. The fourth-order valence-corrected chi connectivity index (χ4v) is 6.92. The topological polar surface area (TPSA) is 115 Å². The van der Waals surface area contributed by atoms with Crippen LogP contribution in [0, 0.1) is 28.6 Å². The molecule has 0 saturated heterocycles. The Morgan fingerprint density at radius 2 is 1.90 bits per heavy atom. The van der Waals surface area contributed by atoms with Gasteiger partial charge in [-0.05, 0) is 69.9 Å². The molecule has 0 heterocycles. The van der Waals surface area contributed by atoms with Crippen molar-refractivity contribution in [3.63, 3.8) is 0 Å². The van der Waals surface area contributed by atoms with Crippen LogP contribution in [0.2, 0.25) is 0 Å². The van der Waals surface area contributed by atoms with E-state index >= 15 is 0 Å². The maximum Gasteiger partial charge on any atom is 0.190 e. The first-order valence-electron chi connectivity index (χ1n) is 11.1. The van der Waals surface area contributed by atoms with Gasteiger partial charge in [0.25, 0.3) is 0 Å². The minimum Gasteiger partial charge on any atom is -0.394 e. The lowest BCUT2D eigenvalue weighted by molar-refractivity contribution is -0.178. The first-order chi connectivity index (χ1) is 13.9. The van der Waals surface area contributed by atoms with Gasteiger partial charge in [0.1, 0.15) is 12.2 Å². The van der Waals surface area contributed by atoms with E-state index in [1.165, 1.54) is 0 Å². The second-order valence-electron chi connectivity index (χ2n) is 10.3. The molecule has 4 aliphatic rings. The van der Waals surface area contributed by atoms with Gasteiger partial charge in [0.15, 0.2) is 11.6 Å². The van der Waals surface area contributed by atoms with Crippen molar-refractivity contribution in [1.29, 1.82) is 0 Å². The van der Waals surface area contributed by atoms with Gasteiger partial charge in [0.2, 0.25) is 0 Å². The molecule has 4 rings (SSSR count). The highest BCUT2D eigenvalue weighted by Crippen LogP contribution is 2.67. The summed E-state index contributed by atoms with van der Waals surface area (Å²) in [6.07, 6.45) is 7.52. The third-order valence-corrected chi connectivity index (χ3v) is 8.25. The smallest absolute Gasteiger partial charge is 0.190 e. The third kappa shape index (κ3) is 3.42. The van der Waals surface area contributed by atoms with Crippen LogP contribution in [0.1, 0.15) is 59.8 Å². The maximum absolute atomic E-state index is 12.4. The summed E-state index contributed by atoms with van der Waals surface area (Å²) in [7, 11) is 0. The molecule has 0 bridgehead atoms. The summed E-state index contributed by atoms with van der Waals surface area (Å²) in [5.41, 5.74) is -1.54. The van der Waals surface area contributed by atoms with Crippen molar-refractivity contribution in [3.05, 3.63) is 23.8 Å². The van der Waals surface area contributed by atoms with Crippen LogP contribution in [0.25, 0.3) is 0 Å². The summed E-state index contributed by atoms with van der Waals surface area (Å²) in [4.78, 5) is 24.2. The zero-order chi connectivity index (χ0) is 22.5. The van der Waals surface area contributed by atoms with E-state index in [0.717, 1.165) is 24.8 Å². The minimum absolute atomic E-state index is 0.00912. The SMILES string of the molecule is CC(C)O.C[C@]12C=CC(=O)C=C1CC[C@@H]1[C@@H]2[C@@H](O)C[C@@]2(C)[C@H]1CC[C@]2(O)C(=O)CO. The summed E-state index contributed by atoms with van der Waals surface area (Å²) >= 11 is 0. The van der Waals surface area contributed by atoms with Crippen LogP contribution in [-0.4, -0.2) is 56.4 Å². The Morgan fingerprint density at radius 3 is 2.50 bits per heavy atom. The Hall–Kier alpha value is -1.34. The van der Waals surface area contributed by atoms with Gasteiger partial charge in [-0.3, -0.25) is 9.59 Å². The van der Waals surface area contributed by atoms with Crippen molar-refractivity contribution in [2.45, 2.75) is 77.6 Å². The summed E-state index contributed by atoms with van der Waals surface area (Å²) in [6, 6.07) is 0. The molecule has 0 unspecified atom stereocenters. The number of hydrogen-bond acceptors (Lipinski definition) is 6. The largest absolute Gasteiger partial charge is 0.394 e. The molecule has 7 atom stereocenters. The molecule has 4 aliphatic carbocycles. The number of allylic oxidation sites excluding steroid dienone is 4. The van der Waals surface area contributed by atoms with Crippen molar-refractivity contribution < 1.29 is 30.0 Å². The molecule has 0 amide bonds. The quantitative estimate of drug-likeness (QED) is 0.543. The van der Waals surface area contributed by atoms with Gasteiger partial charge in [-0.15, -0.1) is 0 Å². The lowest BCUT2D eigenvalue weighted by atomic mass is 9.46. The van der Waals surface area contributed by atoms with Crippen LogP contribution in [0.3, 0.4) is 0 Å². The van der Waals surface area contributed by atoms with E-state index in [1.54, 1.807) is 26.0 Å². The van der Waals surface area contributed by atoms with Gasteiger partial charge in [-0.25, -0.2) is 0 Å². The lowest BCUT2D eigenvalue weighted by Gasteiger charge is -2.59. The van der Waals surface area contributed by atoms with Crippen LogP contribution >= 0.6 is 0 Å². The number of ketones is 2.